The first-order valence-electron chi connectivity index (χ1n) is 8.72. The van der Waals surface area contributed by atoms with E-state index in [0.717, 1.165) is 12.8 Å². The Hall–Kier alpha value is -2.10. The Morgan fingerprint density at radius 3 is 2.50 bits per heavy atom. The molecule has 3 N–H and O–H groups in total. The number of hydroxylamine groups is 1. The van der Waals surface area contributed by atoms with E-state index in [1.165, 1.54) is 18.2 Å². The average molecular weight is 471 g/mol. The molecule has 2 rings (SSSR count). The summed E-state index contributed by atoms with van der Waals surface area (Å²) in [5.74, 6) is -0.527. The molecule has 0 aliphatic carbocycles. The van der Waals surface area contributed by atoms with Crippen molar-refractivity contribution in [2.75, 3.05) is 17.8 Å². The molecule has 0 saturated heterocycles. The molecule has 0 unspecified atom stereocenters. The minimum atomic E-state index is -3.65. The van der Waals surface area contributed by atoms with E-state index in [9.17, 15) is 13.2 Å². The van der Waals surface area contributed by atoms with Crippen molar-refractivity contribution in [1.29, 1.82) is 0 Å². The first kappa shape index (κ1) is 22.2. The minimum Gasteiger partial charge on any atom is -0.494 e. The zero-order valence-corrected chi connectivity index (χ0v) is 18.1. The van der Waals surface area contributed by atoms with E-state index < -0.39 is 21.6 Å². The Balaban J connectivity index is 2.16. The lowest BCUT2D eigenvalue weighted by Crippen LogP contribution is -2.23. The van der Waals surface area contributed by atoms with Crippen LogP contribution in [0.4, 0.5) is 5.69 Å². The van der Waals surface area contributed by atoms with Crippen LogP contribution in [0.2, 0.25) is 0 Å². The predicted molar refractivity (Wildman–Crippen MR) is 111 cm³/mol. The smallest absolute Gasteiger partial charge is 0.276 e. The van der Waals surface area contributed by atoms with E-state index in [1.807, 2.05) is 0 Å². The van der Waals surface area contributed by atoms with Crippen LogP contribution >= 0.6 is 15.9 Å². The molecule has 0 aromatic heterocycles. The number of anilines is 1. The number of sulfone groups is 1. The number of carbonyl (C=O) groups is 1. The molecule has 28 heavy (non-hydrogen) atoms. The summed E-state index contributed by atoms with van der Waals surface area (Å²) in [6, 6.07) is 9.47. The number of hydrogen-bond donors (Lipinski definition) is 3. The minimum absolute atomic E-state index is 0.129. The number of amides is 1. The first-order valence-corrected chi connectivity index (χ1v) is 11.2. The highest BCUT2D eigenvalue weighted by molar-refractivity contribution is 9.10. The number of rotatable bonds is 9. The molecule has 0 aliphatic rings. The van der Waals surface area contributed by atoms with Crippen molar-refractivity contribution in [3.8, 4) is 5.75 Å². The van der Waals surface area contributed by atoms with Gasteiger partial charge in [-0.05, 0) is 55.3 Å². The van der Waals surface area contributed by atoms with Gasteiger partial charge in [0.15, 0.2) is 9.84 Å². The SMILES string of the molecule is CCCCOc1ccc(S(=O)(=O)CNc2c(C)cc(Br)cc2C(=O)NO)cc1. The Morgan fingerprint density at radius 1 is 1.21 bits per heavy atom. The molecule has 9 heteroatoms. The maximum absolute atomic E-state index is 12.6. The number of hydrogen-bond acceptors (Lipinski definition) is 6. The van der Waals surface area contributed by atoms with Gasteiger partial charge < -0.3 is 10.1 Å². The molecule has 0 aliphatic heterocycles. The summed E-state index contributed by atoms with van der Waals surface area (Å²) in [7, 11) is -3.65. The summed E-state index contributed by atoms with van der Waals surface area (Å²) in [6.45, 7) is 4.38. The maximum Gasteiger partial charge on any atom is 0.276 e. The molecule has 152 valence electrons. The third-order valence-corrected chi connectivity index (χ3v) is 6.01. The number of nitrogens with one attached hydrogen (secondary N) is 2. The van der Waals surface area contributed by atoms with Crippen LogP contribution in [0.3, 0.4) is 0 Å². The number of unbranched alkanes of at least 4 members (excludes halogenated alkanes) is 1. The highest BCUT2D eigenvalue weighted by Crippen LogP contribution is 2.27. The monoisotopic (exact) mass is 470 g/mol. The van der Waals surface area contributed by atoms with E-state index in [4.69, 9.17) is 9.94 Å². The highest BCUT2D eigenvalue weighted by atomic mass is 79.9. The second kappa shape index (κ2) is 9.90. The van der Waals surface area contributed by atoms with Crippen molar-refractivity contribution in [3.63, 3.8) is 0 Å². The van der Waals surface area contributed by atoms with Gasteiger partial charge in [-0.2, -0.15) is 0 Å². The fourth-order valence-electron chi connectivity index (χ4n) is 2.55. The van der Waals surface area contributed by atoms with Gasteiger partial charge in [0.05, 0.1) is 22.8 Å². The lowest BCUT2D eigenvalue weighted by Gasteiger charge is -2.15. The van der Waals surface area contributed by atoms with E-state index >= 15 is 0 Å². The molecular weight excluding hydrogens is 448 g/mol. The summed E-state index contributed by atoms with van der Waals surface area (Å²) in [5, 5.41) is 11.7. The summed E-state index contributed by atoms with van der Waals surface area (Å²) in [4.78, 5) is 12.0. The third kappa shape index (κ3) is 5.70. The average Bonchev–Trinajstić information content (AvgIpc) is 2.66. The van der Waals surface area contributed by atoms with E-state index in [-0.39, 0.29) is 10.5 Å². The molecule has 0 saturated carbocycles. The molecule has 0 spiro atoms. The number of carbonyl (C=O) groups excluding carboxylic acids is 1. The fourth-order valence-corrected chi connectivity index (χ4v) is 4.17. The number of halogens is 1. The standard InChI is InChI=1S/C19H23BrN2O5S/c1-3-4-9-27-15-5-7-16(8-6-15)28(25,26)12-21-18-13(2)10-14(20)11-17(18)19(23)22-24/h5-8,10-11,21,24H,3-4,9,12H2,1-2H3,(H,22,23). The highest BCUT2D eigenvalue weighted by Gasteiger charge is 2.19. The van der Waals surface area contributed by atoms with Gasteiger partial charge >= 0.3 is 0 Å². The zero-order chi connectivity index (χ0) is 20.7. The quantitative estimate of drug-likeness (QED) is 0.291. The van der Waals surface area contributed by atoms with Crippen LogP contribution in [-0.2, 0) is 9.84 Å². The van der Waals surface area contributed by atoms with Gasteiger partial charge in [-0.25, -0.2) is 13.9 Å². The van der Waals surface area contributed by atoms with Crippen molar-refractivity contribution >= 4 is 37.4 Å². The van der Waals surface area contributed by atoms with E-state index in [2.05, 4.69) is 28.2 Å². The molecule has 0 radical (unpaired) electrons. The number of ether oxygens (including phenoxy) is 1. The van der Waals surface area contributed by atoms with Gasteiger partial charge in [0.2, 0.25) is 0 Å². The Morgan fingerprint density at radius 2 is 1.89 bits per heavy atom. The Labute approximate surface area is 173 Å². The molecule has 0 fully saturated rings. The van der Waals surface area contributed by atoms with Crippen LogP contribution in [0, 0.1) is 6.92 Å². The lowest BCUT2D eigenvalue weighted by molar-refractivity contribution is 0.0707. The van der Waals surface area contributed by atoms with Crippen LogP contribution in [0.15, 0.2) is 45.8 Å². The largest absolute Gasteiger partial charge is 0.494 e. The molecule has 0 bridgehead atoms. The maximum atomic E-state index is 12.6. The Kier molecular flexibility index (Phi) is 7.85. The predicted octanol–water partition coefficient (Wildman–Crippen LogP) is 3.90. The van der Waals surface area contributed by atoms with Crippen molar-refractivity contribution < 1.29 is 23.2 Å². The van der Waals surface area contributed by atoms with Gasteiger partial charge in [0.25, 0.3) is 5.91 Å². The molecule has 7 nitrogen and oxygen atoms in total. The second-order valence-corrected chi connectivity index (χ2v) is 9.10. The molecule has 2 aromatic carbocycles. The lowest BCUT2D eigenvalue weighted by atomic mass is 10.1. The van der Waals surface area contributed by atoms with E-state index in [0.29, 0.717) is 28.1 Å². The van der Waals surface area contributed by atoms with Gasteiger partial charge in [0, 0.05) is 4.47 Å². The van der Waals surface area contributed by atoms with Gasteiger partial charge in [-0.1, -0.05) is 29.3 Å². The van der Waals surface area contributed by atoms with Crippen molar-refractivity contribution in [1.82, 2.24) is 5.48 Å². The molecular formula is C19H23BrN2O5S. The summed E-state index contributed by atoms with van der Waals surface area (Å²) < 4.78 is 31.5. The first-order chi connectivity index (χ1) is 13.3. The van der Waals surface area contributed by atoms with E-state index in [1.54, 1.807) is 30.6 Å². The molecule has 0 heterocycles. The van der Waals surface area contributed by atoms with Crippen LogP contribution in [0.25, 0.3) is 0 Å². The molecule has 1 amide bonds. The van der Waals surface area contributed by atoms with Gasteiger partial charge in [0.1, 0.15) is 11.6 Å². The van der Waals surface area contributed by atoms with Crippen molar-refractivity contribution in [3.05, 3.63) is 52.0 Å². The summed E-state index contributed by atoms with van der Waals surface area (Å²) in [6.07, 6.45) is 1.95. The summed E-state index contributed by atoms with van der Waals surface area (Å²) >= 11 is 3.28. The molecule has 0 atom stereocenters. The Bertz CT molecular complexity index is 930. The third-order valence-electron chi connectivity index (χ3n) is 4.03. The molecule has 2 aromatic rings. The van der Waals surface area contributed by atoms with Gasteiger partial charge in [-0.3, -0.25) is 10.0 Å². The van der Waals surface area contributed by atoms with Crippen LogP contribution in [-0.4, -0.2) is 32.0 Å². The van der Waals surface area contributed by atoms with Gasteiger partial charge in [-0.15, -0.1) is 0 Å². The van der Waals surface area contributed by atoms with Crippen LogP contribution in [0.5, 0.6) is 5.75 Å². The number of benzene rings is 2. The topological polar surface area (TPSA) is 105 Å². The van der Waals surface area contributed by atoms with Crippen molar-refractivity contribution in [2.24, 2.45) is 0 Å². The van der Waals surface area contributed by atoms with Crippen LogP contribution in [0.1, 0.15) is 35.7 Å². The summed E-state index contributed by atoms with van der Waals surface area (Å²) in [5.41, 5.74) is 2.68. The zero-order valence-electron chi connectivity index (χ0n) is 15.7. The van der Waals surface area contributed by atoms with Crippen LogP contribution < -0.4 is 15.5 Å². The van der Waals surface area contributed by atoms with Crippen molar-refractivity contribution in [2.45, 2.75) is 31.6 Å². The number of aryl methyl sites for hydroxylation is 1. The second-order valence-electron chi connectivity index (χ2n) is 6.20. The normalized spacial score (nSPS) is 11.1. The fraction of sp³-hybridized carbons (Fsp3) is 0.316.